The van der Waals surface area contributed by atoms with Crippen molar-refractivity contribution < 1.29 is 27.1 Å². The van der Waals surface area contributed by atoms with Crippen LogP contribution in [0.1, 0.15) is 29.2 Å². The molecule has 0 saturated carbocycles. The maximum atomic E-state index is 15.1. The van der Waals surface area contributed by atoms with Gasteiger partial charge in [-0.25, -0.2) is 9.38 Å². The Hall–Kier alpha value is -4.08. The third kappa shape index (κ3) is 5.41. The molecule has 5 rings (SSSR count). The minimum Gasteiger partial charge on any atom is -0.469 e. The summed E-state index contributed by atoms with van der Waals surface area (Å²) >= 11 is 0. The van der Waals surface area contributed by atoms with E-state index in [9.17, 15) is 18.0 Å². The molecule has 1 saturated heterocycles. The zero-order valence-electron chi connectivity index (χ0n) is 21.6. The van der Waals surface area contributed by atoms with Crippen LogP contribution in [-0.4, -0.2) is 50.1 Å². The Morgan fingerprint density at radius 1 is 0.949 bits per heavy atom. The van der Waals surface area contributed by atoms with Crippen LogP contribution in [0.15, 0.2) is 71.7 Å². The summed E-state index contributed by atoms with van der Waals surface area (Å²) in [6, 6.07) is 16.6. The van der Waals surface area contributed by atoms with Gasteiger partial charge in [0, 0.05) is 43.1 Å². The van der Waals surface area contributed by atoms with Crippen LogP contribution in [0.3, 0.4) is 0 Å². The molecule has 0 aromatic heterocycles. The van der Waals surface area contributed by atoms with Gasteiger partial charge in [0.2, 0.25) is 5.96 Å². The van der Waals surface area contributed by atoms with Crippen LogP contribution in [0.4, 0.5) is 34.6 Å². The lowest BCUT2D eigenvalue weighted by molar-refractivity contribution is -0.141. The molecule has 0 amide bonds. The zero-order chi connectivity index (χ0) is 27.7. The molecular formula is C29H28F4N4O2. The van der Waals surface area contributed by atoms with E-state index >= 15 is 4.39 Å². The van der Waals surface area contributed by atoms with E-state index in [0.29, 0.717) is 37.7 Å². The van der Waals surface area contributed by atoms with Crippen LogP contribution < -0.4 is 9.80 Å². The first-order chi connectivity index (χ1) is 18.7. The van der Waals surface area contributed by atoms with Crippen LogP contribution in [0.5, 0.6) is 0 Å². The van der Waals surface area contributed by atoms with Crippen LogP contribution in [0, 0.1) is 12.7 Å². The summed E-state index contributed by atoms with van der Waals surface area (Å²) in [5.74, 6) is -0.843. The highest BCUT2D eigenvalue weighted by Crippen LogP contribution is 2.43. The van der Waals surface area contributed by atoms with E-state index in [0.717, 1.165) is 23.4 Å². The number of carbonyl (C=O) groups excluding carboxylic acids is 1. The number of hydrogen-bond acceptors (Lipinski definition) is 6. The minimum atomic E-state index is -4.57. The SMILES string of the molecule is COC(=O)CC1c2cccc(F)c2N=C(N2CCN(c3cccc(C)c3)CC2)N1c1cccc(C(F)(F)F)c1. The van der Waals surface area contributed by atoms with Crippen LogP contribution in [0.2, 0.25) is 0 Å². The van der Waals surface area contributed by atoms with Crippen LogP contribution in [-0.2, 0) is 15.7 Å². The van der Waals surface area contributed by atoms with Gasteiger partial charge in [0.05, 0.1) is 25.1 Å². The van der Waals surface area contributed by atoms with Crippen molar-refractivity contribution in [2.24, 2.45) is 4.99 Å². The summed E-state index contributed by atoms with van der Waals surface area (Å²) in [5.41, 5.74) is 2.07. The highest BCUT2D eigenvalue weighted by Gasteiger charge is 2.39. The van der Waals surface area contributed by atoms with Gasteiger partial charge in [-0.15, -0.1) is 0 Å². The van der Waals surface area contributed by atoms with Gasteiger partial charge in [0.15, 0.2) is 0 Å². The van der Waals surface area contributed by atoms with Crippen molar-refractivity contribution >= 4 is 29.0 Å². The van der Waals surface area contributed by atoms with Gasteiger partial charge in [-0.05, 0) is 48.9 Å². The molecule has 0 bridgehead atoms. The number of methoxy groups -OCH3 is 1. The highest BCUT2D eigenvalue weighted by molar-refractivity contribution is 6.01. The Balaban J connectivity index is 1.57. The summed E-state index contributed by atoms with van der Waals surface area (Å²) in [6.45, 7) is 4.28. The molecular weight excluding hydrogens is 512 g/mol. The fourth-order valence-corrected chi connectivity index (χ4v) is 5.13. The molecule has 10 heteroatoms. The first-order valence-electron chi connectivity index (χ1n) is 12.6. The number of carbonyl (C=O) groups is 1. The summed E-state index contributed by atoms with van der Waals surface area (Å²) in [6.07, 6.45) is -4.77. The number of halogens is 4. The fourth-order valence-electron chi connectivity index (χ4n) is 5.13. The molecule has 2 heterocycles. The number of benzene rings is 3. The number of nitrogens with zero attached hydrogens (tertiary/aromatic N) is 4. The van der Waals surface area contributed by atoms with Gasteiger partial charge in [0.1, 0.15) is 11.5 Å². The lowest BCUT2D eigenvalue weighted by atomic mass is 9.97. The number of alkyl halides is 3. The topological polar surface area (TPSA) is 48.4 Å². The summed E-state index contributed by atoms with van der Waals surface area (Å²) in [5, 5.41) is 0. The van der Waals surface area contributed by atoms with Crippen molar-refractivity contribution in [3.8, 4) is 0 Å². The number of anilines is 2. The zero-order valence-corrected chi connectivity index (χ0v) is 21.6. The number of guanidine groups is 1. The molecule has 2 aliphatic rings. The smallest absolute Gasteiger partial charge is 0.416 e. The second kappa shape index (κ2) is 10.6. The molecule has 39 heavy (non-hydrogen) atoms. The first-order valence-corrected chi connectivity index (χ1v) is 12.6. The third-order valence-electron chi connectivity index (χ3n) is 7.08. The third-order valence-corrected chi connectivity index (χ3v) is 7.08. The molecule has 3 aromatic carbocycles. The van der Waals surface area contributed by atoms with Gasteiger partial charge in [-0.2, -0.15) is 13.2 Å². The molecule has 1 fully saturated rings. The van der Waals surface area contributed by atoms with E-state index < -0.39 is 29.6 Å². The normalized spacial score (nSPS) is 17.5. The molecule has 0 aliphatic carbocycles. The molecule has 2 aliphatic heterocycles. The van der Waals surface area contributed by atoms with E-state index in [1.807, 2.05) is 30.0 Å². The largest absolute Gasteiger partial charge is 0.469 e. The van der Waals surface area contributed by atoms with Crippen molar-refractivity contribution in [2.75, 3.05) is 43.1 Å². The number of aryl methyl sites for hydroxylation is 1. The quantitative estimate of drug-likeness (QED) is 0.296. The monoisotopic (exact) mass is 540 g/mol. The molecule has 0 spiro atoms. The standard InChI is InChI=1S/C29H28F4N4O2/c1-19-6-3-8-21(16-19)35-12-14-36(15-13-35)28-34-27-23(10-5-11-24(27)30)25(18-26(38)39-2)37(28)22-9-4-7-20(17-22)29(31,32)33/h3-11,16-17,25H,12-15,18H2,1-2H3. The van der Waals surface area contributed by atoms with Crippen molar-refractivity contribution in [1.29, 1.82) is 0 Å². The van der Waals surface area contributed by atoms with Gasteiger partial charge < -0.3 is 19.4 Å². The van der Waals surface area contributed by atoms with Crippen molar-refractivity contribution in [2.45, 2.75) is 25.6 Å². The maximum Gasteiger partial charge on any atom is 0.416 e. The van der Waals surface area contributed by atoms with Gasteiger partial charge >= 0.3 is 12.1 Å². The Labute approximate surface area is 224 Å². The van der Waals surface area contributed by atoms with Crippen molar-refractivity contribution in [3.63, 3.8) is 0 Å². The highest BCUT2D eigenvalue weighted by atomic mass is 19.4. The second-order valence-corrected chi connectivity index (χ2v) is 9.62. The van der Waals surface area contributed by atoms with E-state index in [4.69, 9.17) is 4.74 Å². The second-order valence-electron chi connectivity index (χ2n) is 9.62. The van der Waals surface area contributed by atoms with E-state index in [2.05, 4.69) is 16.0 Å². The Bertz CT molecular complexity index is 1400. The number of para-hydroxylation sites is 1. The summed E-state index contributed by atoms with van der Waals surface area (Å²) in [7, 11) is 1.24. The number of aliphatic imine (C=N–C) groups is 1. The molecule has 1 atom stereocenters. The summed E-state index contributed by atoms with van der Waals surface area (Å²) in [4.78, 5) is 22.9. The maximum absolute atomic E-state index is 15.1. The molecule has 6 nitrogen and oxygen atoms in total. The van der Waals surface area contributed by atoms with E-state index in [1.54, 1.807) is 17.0 Å². The average Bonchev–Trinajstić information content (AvgIpc) is 2.93. The summed E-state index contributed by atoms with van der Waals surface area (Å²) < 4.78 is 61.0. The Morgan fingerprint density at radius 2 is 1.62 bits per heavy atom. The fraction of sp³-hybridized carbons (Fsp3) is 0.310. The number of esters is 1. The van der Waals surface area contributed by atoms with E-state index in [-0.39, 0.29) is 17.8 Å². The molecule has 0 N–H and O–H groups in total. The van der Waals surface area contributed by atoms with Gasteiger partial charge in [0.25, 0.3) is 0 Å². The van der Waals surface area contributed by atoms with Crippen molar-refractivity contribution in [3.05, 3.63) is 89.2 Å². The lowest BCUT2D eigenvalue weighted by Gasteiger charge is -2.45. The van der Waals surface area contributed by atoms with Gasteiger partial charge in [-0.1, -0.05) is 30.3 Å². The molecule has 3 aromatic rings. The van der Waals surface area contributed by atoms with Gasteiger partial charge in [-0.3, -0.25) is 4.79 Å². The molecule has 0 radical (unpaired) electrons. The number of hydrogen-bond donors (Lipinski definition) is 0. The molecule has 204 valence electrons. The predicted octanol–water partition coefficient (Wildman–Crippen LogP) is 6.09. The number of piperazine rings is 1. The molecule has 1 unspecified atom stereocenters. The number of fused-ring (bicyclic) bond motifs is 1. The van der Waals surface area contributed by atoms with E-state index in [1.165, 1.54) is 25.3 Å². The minimum absolute atomic E-state index is 0.0748. The lowest BCUT2D eigenvalue weighted by Crippen LogP contribution is -2.55. The number of rotatable bonds is 4. The van der Waals surface area contributed by atoms with Crippen LogP contribution >= 0.6 is 0 Å². The first kappa shape index (κ1) is 26.5. The average molecular weight is 541 g/mol. The number of ether oxygens (including phenoxy) is 1. The Kier molecular flexibility index (Phi) is 7.20. The Morgan fingerprint density at radius 3 is 2.31 bits per heavy atom. The van der Waals surface area contributed by atoms with Crippen molar-refractivity contribution in [1.82, 2.24) is 4.90 Å². The predicted molar refractivity (Wildman–Crippen MR) is 142 cm³/mol. The van der Waals surface area contributed by atoms with Crippen LogP contribution in [0.25, 0.3) is 0 Å².